The van der Waals surface area contributed by atoms with Gasteiger partial charge in [0.25, 0.3) is 0 Å². The van der Waals surface area contributed by atoms with Crippen LogP contribution in [0.15, 0.2) is 0 Å². The first-order valence-electron chi connectivity index (χ1n) is 7.67. The van der Waals surface area contributed by atoms with Gasteiger partial charge in [0.05, 0.1) is 24.7 Å². The Hall–Kier alpha value is -0.610. The summed E-state index contributed by atoms with van der Waals surface area (Å²) in [5.74, 6) is -0.190. The van der Waals surface area contributed by atoms with E-state index in [0.717, 1.165) is 19.3 Å². The van der Waals surface area contributed by atoms with Gasteiger partial charge < -0.3 is 14.9 Å². The smallest absolute Gasteiger partial charge is 0.306 e. The molecule has 0 heterocycles. The Morgan fingerprint density at radius 3 is 2.32 bits per heavy atom. The molecule has 0 spiro atoms. The van der Waals surface area contributed by atoms with Crippen molar-refractivity contribution in [3.63, 3.8) is 0 Å². The summed E-state index contributed by atoms with van der Waals surface area (Å²) in [6, 6.07) is 0. The highest BCUT2D eigenvalue weighted by Gasteiger charge is 2.27. The standard InChI is InChI=1S/C15H26O4/c16-13(9-11-3-1-2-4-11)10-19-14-7-5-12(6-8-14)15(17)18/h11-14,16H,1-10H2,(H,17,18). The maximum Gasteiger partial charge on any atom is 0.306 e. The number of aliphatic hydroxyl groups is 1. The molecule has 0 aromatic heterocycles. The van der Waals surface area contributed by atoms with E-state index in [1.165, 1.54) is 25.7 Å². The molecule has 4 nitrogen and oxygen atoms in total. The van der Waals surface area contributed by atoms with Gasteiger partial charge in [0.15, 0.2) is 0 Å². The van der Waals surface area contributed by atoms with E-state index < -0.39 is 5.97 Å². The maximum atomic E-state index is 10.8. The van der Waals surface area contributed by atoms with Crippen LogP contribution in [0.4, 0.5) is 0 Å². The predicted octanol–water partition coefficient (Wildman–Crippen LogP) is 2.59. The van der Waals surface area contributed by atoms with Gasteiger partial charge >= 0.3 is 5.97 Å². The van der Waals surface area contributed by atoms with E-state index in [1.807, 2.05) is 0 Å². The maximum absolute atomic E-state index is 10.8. The molecule has 0 amide bonds. The van der Waals surface area contributed by atoms with Crippen molar-refractivity contribution in [2.24, 2.45) is 11.8 Å². The molecule has 1 atom stereocenters. The third kappa shape index (κ3) is 4.77. The van der Waals surface area contributed by atoms with Gasteiger partial charge in [-0.25, -0.2) is 0 Å². The van der Waals surface area contributed by atoms with Crippen LogP contribution in [0.5, 0.6) is 0 Å². The van der Waals surface area contributed by atoms with Gasteiger partial charge in [0.2, 0.25) is 0 Å². The first-order chi connectivity index (χ1) is 9.15. The van der Waals surface area contributed by atoms with Gasteiger partial charge in [-0.1, -0.05) is 25.7 Å². The predicted molar refractivity (Wildman–Crippen MR) is 71.9 cm³/mol. The van der Waals surface area contributed by atoms with Gasteiger partial charge in [0, 0.05) is 0 Å². The van der Waals surface area contributed by atoms with Crippen LogP contribution in [0, 0.1) is 11.8 Å². The normalized spacial score (nSPS) is 30.4. The van der Waals surface area contributed by atoms with Gasteiger partial charge in [-0.15, -0.1) is 0 Å². The van der Waals surface area contributed by atoms with E-state index >= 15 is 0 Å². The van der Waals surface area contributed by atoms with Crippen molar-refractivity contribution in [1.82, 2.24) is 0 Å². The summed E-state index contributed by atoms with van der Waals surface area (Å²) in [7, 11) is 0. The molecule has 2 saturated carbocycles. The summed E-state index contributed by atoms with van der Waals surface area (Å²) in [4.78, 5) is 10.8. The molecule has 0 saturated heterocycles. The van der Waals surface area contributed by atoms with Gasteiger partial charge in [0.1, 0.15) is 0 Å². The first kappa shape index (κ1) is 14.8. The van der Waals surface area contributed by atoms with Crippen molar-refractivity contribution in [3.8, 4) is 0 Å². The van der Waals surface area contributed by atoms with Crippen LogP contribution in [-0.4, -0.2) is 35.0 Å². The van der Waals surface area contributed by atoms with E-state index in [1.54, 1.807) is 0 Å². The number of aliphatic hydroxyl groups excluding tert-OH is 1. The number of carboxylic acid groups (broad SMARTS) is 1. The SMILES string of the molecule is O=C(O)C1CCC(OCC(O)CC2CCCC2)CC1. The Bertz CT molecular complexity index is 278. The molecule has 0 radical (unpaired) electrons. The lowest BCUT2D eigenvalue weighted by Crippen LogP contribution is -2.29. The highest BCUT2D eigenvalue weighted by Crippen LogP contribution is 2.29. The Labute approximate surface area is 115 Å². The number of carboxylic acids is 1. The summed E-state index contributed by atoms with van der Waals surface area (Å²) in [6.45, 7) is 0.416. The van der Waals surface area contributed by atoms with Crippen molar-refractivity contribution in [1.29, 1.82) is 0 Å². The van der Waals surface area contributed by atoms with Crippen LogP contribution >= 0.6 is 0 Å². The lowest BCUT2D eigenvalue weighted by atomic mass is 9.87. The molecule has 2 aliphatic rings. The molecular weight excluding hydrogens is 244 g/mol. The van der Waals surface area contributed by atoms with Gasteiger partial charge in [-0.05, 0) is 38.0 Å². The van der Waals surface area contributed by atoms with Crippen molar-refractivity contribution < 1.29 is 19.7 Å². The van der Waals surface area contributed by atoms with Crippen molar-refractivity contribution >= 4 is 5.97 Å². The molecule has 1 unspecified atom stereocenters. The minimum absolute atomic E-state index is 0.147. The van der Waals surface area contributed by atoms with Crippen LogP contribution in [0.1, 0.15) is 57.8 Å². The topological polar surface area (TPSA) is 66.8 Å². The molecule has 0 aromatic carbocycles. The Morgan fingerprint density at radius 2 is 1.74 bits per heavy atom. The molecule has 4 heteroatoms. The molecule has 2 fully saturated rings. The number of carbonyl (C=O) groups is 1. The van der Waals surface area contributed by atoms with Gasteiger partial charge in [-0.2, -0.15) is 0 Å². The average Bonchev–Trinajstić information content (AvgIpc) is 2.89. The first-order valence-corrected chi connectivity index (χ1v) is 7.67. The van der Waals surface area contributed by atoms with E-state index in [-0.39, 0.29) is 18.1 Å². The number of hydrogen-bond donors (Lipinski definition) is 2. The molecule has 2 aliphatic carbocycles. The molecule has 110 valence electrons. The fourth-order valence-electron chi connectivity index (χ4n) is 3.42. The molecule has 2 N–H and O–H groups in total. The molecule has 0 bridgehead atoms. The summed E-state index contributed by atoms with van der Waals surface area (Å²) in [6.07, 6.45) is 8.81. The number of ether oxygens (including phenoxy) is 1. The minimum atomic E-state index is -0.681. The van der Waals surface area contributed by atoms with Crippen molar-refractivity contribution in [3.05, 3.63) is 0 Å². The lowest BCUT2D eigenvalue weighted by Gasteiger charge is -2.27. The average molecular weight is 270 g/mol. The summed E-state index contributed by atoms with van der Waals surface area (Å²) in [5, 5.41) is 18.9. The summed E-state index contributed by atoms with van der Waals surface area (Å²) >= 11 is 0. The second-order valence-corrected chi connectivity index (χ2v) is 6.19. The molecule has 0 aliphatic heterocycles. The van der Waals surface area contributed by atoms with Crippen molar-refractivity contribution in [2.45, 2.75) is 70.0 Å². The fraction of sp³-hybridized carbons (Fsp3) is 0.933. The van der Waals surface area contributed by atoms with Crippen LogP contribution in [0.2, 0.25) is 0 Å². The fourth-order valence-corrected chi connectivity index (χ4v) is 3.42. The van der Waals surface area contributed by atoms with Crippen LogP contribution in [0.25, 0.3) is 0 Å². The Balaban J connectivity index is 1.59. The monoisotopic (exact) mass is 270 g/mol. The zero-order valence-electron chi connectivity index (χ0n) is 11.6. The van der Waals surface area contributed by atoms with E-state index in [9.17, 15) is 9.90 Å². The Kier molecular flexibility index (Phi) is 5.64. The number of aliphatic carboxylic acids is 1. The lowest BCUT2D eigenvalue weighted by molar-refractivity contribution is -0.144. The highest BCUT2D eigenvalue weighted by atomic mass is 16.5. The minimum Gasteiger partial charge on any atom is -0.481 e. The molecule has 2 rings (SSSR count). The van der Waals surface area contributed by atoms with Crippen LogP contribution in [-0.2, 0) is 9.53 Å². The zero-order valence-corrected chi connectivity index (χ0v) is 11.6. The van der Waals surface area contributed by atoms with Crippen molar-refractivity contribution in [2.75, 3.05) is 6.61 Å². The van der Waals surface area contributed by atoms with Crippen LogP contribution < -0.4 is 0 Å². The molecular formula is C15H26O4. The molecule has 0 aromatic rings. The number of rotatable bonds is 6. The number of hydrogen-bond acceptors (Lipinski definition) is 3. The van der Waals surface area contributed by atoms with E-state index in [4.69, 9.17) is 9.84 Å². The second kappa shape index (κ2) is 7.25. The second-order valence-electron chi connectivity index (χ2n) is 6.19. The summed E-state index contributed by atoms with van der Waals surface area (Å²) in [5.41, 5.74) is 0. The third-order valence-corrected chi connectivity index (χ3v) is 4.63. The van der Waals surface area contributed by atoms with Gasteiger partial charge in [-0.3, -0.25) is 4.79 Å². The summed E-state index contributed by atoms with van der Waals surface area (Å²) < 4.78 is 5.74. The largest absolute Gasteiger partial charge is 0.481 e. The highest BCUT2D eigenvalue weighted by molar-refractivity contribution is 5.70. The molecule has 19 heavy (non-hydrogen) atoms. The van der Waals surface area contributed by atoms with E-state index in [0.29, 0.717) is 25.4 Å². The van der Waals surface area contributed by atoms with E-state index in [2.05, 4.69) is 0 Å². The Morgan fingerprint density at radius 1 is 1.11 bits per heavy atom. The quantitative estimate of drug-likeness (QED) is 0.778. The van der Waals surface area contributed by atoms with Crippen LogP contribution in [0.3, 0.4) is 0 Å². The zero-order chi connectivity index (χ0) is 13.7. The third-order valence-electron chi connectivity index (χ3n) is 4.63.